The summed E-state index contributed by atoms with van der Waals surface area (Å²) in [6.45, 7) is 7.02. The average Bonchev–Trinajstić information content (AvgIpc) is 2.90. The molecule has 0 saturated carbocycles. The highest BCUT2D eigenvalue weighted by atomic mass is 35.5. The molecule has 2 N–H and O–H groups in total. The van der Waals surface area contributed by atoms with Crippen molar-refractivity contribution >= 4 is 27.3 Å². The van der Waals surface area contributed by atoms with Crippen molar-refractivity contribution < 1.29 is 8.42 Å². The van der Waals surface area contributed by atoms with Crippen LogP contribution in [0.25, 0.3) is 0 Å². The van der Waals surface area contributed by atoms with Crippen LogP contribution in [0.15, 0.2) is 23.1 Å². The van der Waals surface area contributed by atoms with Crippen molar-refractivity contribution in [2.75, 3.05) is 31.9 Å². The number of halogens is 1. The quantitative estimate of drug-likeness (QED) is 0.838. The van der Waals surface area contributed by atoms with E-state index in [1.54, 1.807) is 18.2 Å². The lowest BCUT2D eigenvalue weighted by Gasteiger charge is -2.26. The molecule has 118 valence electrons. The molecule has 0 bridgehead atoms. The van der Waals surface area contributed by atoms with Gasteiger partial charge in [-0.05, 0) is 31.6 Å². The van der Waals surface area contributed by atoms with Crippen molar-refractivity contribution in [1.29, 1.82) is 0 Å². The van der Waals surface area contributed by atoms with E-state index in [0.29, 0.717) is 13.1 Å². The highest BCUT2D eigenvalue weighted by Gasteiger charge is 2.36. The molecule has 0 radical (unpaired) electrons. The van der Waals surface area contributed by atoms with Crippen LogP contribution in [0, 0.1) is 0 Å². The summed E-state index contributed by atoms with van der Waals surface area (Å²) >= 11 is 6.05. The fourth-order valence-corrected chi connectivity index (χ4v) is 5.02. The van der Waals surface area contributed by atoms with E-state index in [1.807, 2.05) is 0 Å². The molecule has 0 amide bonds. The number of nitrogen functional groups attached to an aromatic ring is 1. The van der Waals surface area contributed by atoms with Crippen molar-refractivity contribution in [3.63, 3.8) is 0 Å². The Bertz CT molecular complexity index is 582. The molecule has 1 fully saturated rings. The van der Waals surface area contributed by atoms with Crippen LogP contribution in [0.3, 0.4) is 0 Å². The summed E-state index contributed by atoms with van der Waals surface area (Å²) in [5, 5.41) is 0.182. The Labute approximate surface area is 131 Å². The molecule has 2 rings (SSSR count). The first kappa shape index (κ1) is 16.5. The molecule has 7 heteroatoms. The number of benzene rings is 1. The zero-order valence-electron chi connectivity index (χ0n) is 12.4. The van der Waals surface area contributed by atoms with Gasteiger partial charge in [-0.15, -0.1) is 0 Å². The van der Waals surface area contributed by atoms with E-state index in [0.717, 1.165) is 19.5 Å². The second-order valence-electron chi connectivity index (χ2n) is 5.18. The van der Waals surface area contributed by atoms with Crippen LogP contribution in [-0.2, 0) is 10.0 Å². The minimum atomic E-state index is -3.63. The summed E-state index contributed by atoms with van der Waals surface area (Å²) in [6.07, 6.45) is 0.839. The van der Waals surface area contributed by atoms with Gasteiger partial charge in [0.15, 0.2) is 0 Å². The number of nitrogens with two attached hydrogens (primary N) is 1. The van der Waals surface area contributed by atoms with Gasteiger partial charge in [-0.3, -0.25) is 4.90 Å². The monoisotopic (exact) mass is 331 g/mol. The topological polar surface area (TPSA) is 66.6 Å². The Morgan fingerprint density at radius 2 is 2.05 bits per heavy atom. The first-order valence-electron chi connectivity index (χ1n) is 7.20. The number of rotatable bonds is 5. The maximum absolute atomic E-state index is 12.8. The van der Waals surface area contributed by atoms with Crippen molar-refractivity contribution in [2.45, 2.75) is 31.2 Å². The molecule has 1 atom stereocenters. The van der Waals surface area contributed by atoms with Crippen LogP contribution < -0.4 is 5.73 Å². The van der Waals surface area contributed by atoms with Gasteiger partial charge in [0, 0.05) is 19.1 Å². The van der Waals surface area contributed by atoms with Crippen LogP contribution in [0.4, 0.5) is 5.69 Å². The summed E-state index contributed by atoms with van der Waals surface area (Å²) < 4.78 is 27.0. The van der Waals surface area contributed by atoms with Crippen molar-refractivity contribution in [3.05, 3.63) is 23.2 Å². The van der Waals surface area contributed by atoms with E-state index >= 15 is 0 Å². The fraction of sp³-hybridized carbons (Fsp3) is 0.571. The smallest absolute Gasteiger partial charge is 0.246 e. The van der Waals surface area contributed by atoms with Crippen LogP contribution >= 0.6 is 11.6 Å². The molecule has 21 heavy (non-hydrogen) atoms. The van der Waals surface area contributed by atoms with Gasteiger partial charge in [0.2, 0.25) is 10.0 Å². The second kappa shape index (κ2) is 6.52. The third-order valence-corrected chi connectivity index (χ3v) is 6.46. The van der Waals surface area contributed by atoms with Gasteiger partial charge in [0.25, 0.3) is 0 Å². The minimum Gasteiger partial charge on any atom is -0.398 e. The molecule has 0 aromatic heterocycles. The van der Waals surface area contributed by atoms with Crippen molar-refractivity contribution in [3.8, 4) is 0 Å². The Morgan fingerprint density at radius 3 is 2.62 bits per heavy atom. The van der Waals surface area contributed by atoms with Crippen molar-refractivity contribution in [2.24, 2.45) is 0 Å². The summed E-state index contributed by atoms with van der Waals surface area (Å²) in [4.78, 5) is 2.32. The third kappa shape index (κ3) is 3.18. The zero-order chi connectivity index (χ0) is 15.6. The molecule has 1 aliphatic rings. The molecule has 1 aliphatic heterocycles. The minimum absolute atomic E-state index is 0.0341. The molecule has 1 saturated heterocycles. The fourth-order valence-electron chi connectivity index (χ4n) is 2.89. The van der Waals surface area contributed by atoms with Gasteiger partial charge in [0.1, 0.15) is 4.90 Å². The van der Waals surface area contributed by atoms with Crippen LogP contribution in [-0.4, -0.2) is 49.8 Å². The summed E-state index contributed by atoms with van der Waals surface area (Å²) in [7, 11) is -3.63. The van der Waals surface area contributed by atoms with E-state index in [-0.39, 0.29) is 21.6 Å². The first-order valence-corrected chi connectivity index (χ1v) is 9.01. The van der Waals surface area contributed by atoms with Crippen LogP contribution in [0.2, 0.25) is 5.02 Å². The number of nitrogens with zero attached hydrogens (tertiary/aromatic N) is 2. The molecule has 0 spiro atoms. The lowest BCUT2D eigenvalue weighted by atomic mass is 10.2. The molecule has 0 aliphatic carbocycles. The standard InChI is InChI=1S/C14H22ClN3O2S/c1-3-17(4-2)11-8-9-18(10-11)21(19,20)14-12(15)6-5-7-13(14)16/h5-7,11H,3-4,8-10,16H2,1-2H3. The van der Waals surface area contributed by atoms with E-state index in [2.05, 4.69) is 18.7 Å². The molecule has 5 nitrogen and oxygen atoms in total. The van der Waals surface area contributed by atoms with Gasteiger partial charge < -0.3 is 5.73 Å². The predicted molar refractivity (Wildman–Crippen MR) is 85.9 cm³/mol. The summed E-state index contributed by atoms with van der Waals surface area (Å²) in [5.41, 5.74) is 6.02. The average molecular weight is 332 g/mol. The van der Waals surface area contributed by atoms with E-state index in [1.165, 1.54) is 4.31 Å². The van der Waals surface area contributed by atoms with E-state index < -0.39 is 10.0 Å². The highest BCUT2D eigenvalue weighted by Crippen LogP contribution is 2.32. The van der Waals surface area contributed by atoms with Gasteiger partial charge >= 0.3 is 0 Å². The van der Waals surface area contributed by atoms with Gasteiger partial charge in [0.05, 0.1) is 10.7 Å². The predicted octanol–water partition coefficient (Wildman–Crippen LogP) is 2.03. The Kier molecular flexibility index (Phi) is 5.14. The Hall–Kier alpha value is -0.820. The number of hydrogen-bond acceptors (Lipinski definition) is 4. The van der Waals surface area contributed by atoms with Crippen LogP contribution in [0.1, 0.15) is 20.3 Å². The van der Waals surface area contributed by atoms with Gasteiger partial charge in [-0.1, -0.05) is 31.5 Å². The SMILES string of the molecule is CCN(CC)C1CCN(S(=O)(=O)c2c(N)cccc2Cl)C1. The number of anilines is 1. The molecular weight excluding hydrogens is 310 g/mol. The van der Waals surface area contributed by atoms with E-state index in [4.69, 9.17) is 17.3 Å². The largest absolute Gasteiger partial charge is 0.398 e. The normalized spacial score (nSPS) is 20.3. The second-order valence-corrected chi connectivity index (χ2v) is 7.47. The van der Waals surface area contributed by atoms with E-state index in [9.17, 15) is 8.42 Å². The molecule has 1 heterocycles. The van der Waals surface area contributed by atoms with Gasteiger partial charge in [-0.25, -0.2) is 8.42 Å². The Morgan fingerprint density at radius 1 is 1.38 bits per heavy atom. The number of likely N-dealkylation sites (N-methyl/N-ethyl adjacent to an activating group) is 1. The Balaban J connectivity index is 2.26. The summed E-state index contributed by atoms with van der Waals surface area (Å²) in [6, 6.07) is 5.04. The van der Waals surface area contributed by atoms with Crippen molar-refractivity contribution in [1.82, 2.24) is 9.21 Å². The third-order valence-electron chi connectivity index (χ3n) is 4.05. The molecular formula is C14H22ClN3O2S. The maximum atomic E-state index is 12.8. The number of hydrogen-bond donors (Lipinski definition) is 1. The molecule has 1 aromatic rings. The maximum Gasteiger partial charge on any atom is 0.246 e. The lowest BCUT2D eigenvalue weighted by molar-refractivity contribution is 0.224. The molecule has 1 unspecified atom stereocenters. The number of sulfonamides is 1. The highest BCUT2D eigenvalue weighted by molar-refractivity contribution is 7.89. The zero-order valence-corrected chi connectivity index (χ0v) is 14.0. The van der Waals surface area contributed by atoms with Crippen LogP contribution in [0.5, 0.6) is 0 Å². The van der Waals surface area contributed by atoms with Gasteiger partial charge in [-0.2, -0.15) is 4.31 Å². The lowest BCUT2D eigenvalue weighted by Crippen LogP contribution is -2.38. The molecule has 1 aromatic carbocycles. The summed E-state index contributed by atoms with van der Waals surface area (Å²) in [5.74, 6) is 0. The first-order chi connectivity index (χ1) is 9.91.